The van der Waals surface area contributed by atoms with Crippen LogP contribution in [0.5, 0.6) is 5.75 Å². The number of nitriles is 1. The highest BCUT2D eigenvalue weighted by atomic mass is 32.1. The summed E-state index contributed by atoms with van der Waals surface area (Å²) < 4.78 is 11.1. The molecule has 0 aliphatic carbocycles. The molecule has 0 saturated heterocycles. The molecule has 0 amide bonds. The number of aryl methyl sites for hydroxylation is 2. The molecule has 0 aliphatic rings. The zero-order chi connectivity index (χ0) is 16.4. The van der Waals surface area contributed by atoms with Crippen molar-refractivity contribution in [3.63, 3.8) is 0 Å². The van der Waals surface area contributed by atoms with Crippen LogP contribution in [0.1, 0.15) is 28.6 Å². The van der Waals surface area contributed by atoms with E-state index < -0.39 is 5.97 Å². The minimum absolute atomic E-state index is 0.134. The summed E-state index contributed by atoms with van der Waals surface area (Å²) in [6, 6.07) is 5.39. The molecule has 0 saturated carbocycles. The van der Waals surface area contributed by atoms with Gasteiger partial charge in [0.25, 0.3) is 0 Å². The van der Waals surface area contributed by atoms with E-state index >= 15 is 0 Å². The van der Waals surface area contributed by atoms with Crippen LogP contribution in [0.3, 0.4) is 0 Å². The molecule has 1 N–H and O–H groups in total. The maximum absolute atomic E-state index is 11.3. The monoisotopic (exact) mass is 317 g/mol. The van der Waals surface area contributed by atoms with Gasteiger partial charge in [-0.3, -0.25) is 0 Å². The van der Waals surface area contributed by atoms with Gasteiger partial charge < -0.3 is 14.3 Å². The number of hydrogen-bond donors (Lipinski definition) is 2. The van der Waals surface area contributed by atoms with Gasteiger partial charge in [0.05, 0.1) is 6.07 Å². The summed E-state index contributed by atoms with van der Waals surface area (Å²) >= 11 is 4.22. The topological polar surface area (TPSA) is 83.5 Å². The predicted molar refractivity (Wildman–Crippen MR) is 85.4 cm³/mol. The van der Waals surface area contributed by atoms with Crippen molar-refractivity contribution in [1.29, 1.82) is 5.26 Å². The van der Waals surface area contributed by atoms with Crippen molar-refractivity contribution in [2.24, 2.45) is 0 Å². The standard InChI is InChI=1S/C16H15NO4S/c1-8-4-13-11(15(16(18)19)10(3)21-13)5-12(8)20-7-14(22)9(2)6-17/h4-5,22H,7H2,1-3H3,(H,18,19)/b14-9-. The van der Waals surface area contributed by atoms with Crippen LogP contribution in [0.25, 0.3) is 11.0 Å². The lowest BCUT2D eigenvalue weighted by molar-refractivity contribution is 0.0697. The highest BCUT2D eigenvalue weighted by Gasteiger charge is 2.19. The van der Waals surface area contributed by atoms with Gasteiger partial charge in [-0.25, -0.2) is 4.79 Å². The first-order valence-corrected chi connectivity index (χ1v) is 6.98. The number of carboxylic acids is 1. The molecule has 0 aliphatic heterocycles. The van der Waals surface area contributed by atoms with Crippen molar-refractivity contribution in [1.82, 2.24) is 0 Å². The van der Waals surface area contributed by atoms with E-state index in [4.69, 9.17) is 14.4 Å². The van der Waals surface area contributed by atoms with Gasteiger partial charge in [-0.1, -0.05) is 0 Å². The number of thiol groups is 1. The SMILES string of the molecule is C/C(C#N)=C(/S)COc1cc2c(C(=O)O)c(C)oc2cc1C. The number of carbonyl (C=O) groups is 1. The van der Waals surface area contributed by atoms with Crippen molar-refractivity contribution < 1.29 is 19.1 Å². The number of rotatable bonds is 4. The Hall–Kier alpha value is -2.39. The third-order valence-electron chi connectivity index (χ3n) is 3.34. The number of nitrogens with zero attached hydrogens (tertiary/aromatic N) is 1. The number of furan rings is 1. The number of hydrogen-bond acceptors (Lipinski definition) is 5. The number of aromatic carboxylic acids is 1. The zero-order valence-electron chi connectivity index (χ0n) is 12.4. The summed E-state index contributed by atoms with van der Waals surface area (Å²) in [7, 11) is 0. The van der Waals surface area contributed by atoms with Gasteiger partial charge >= 0.3 is 5.97 Å². The molecule has 114 valence electrons. The third kappa shape index (κ3) is 2.95. The summed E-state index contributed by atoms with van der Waals surface area (Å²) in [5.74, 6) is -0.150. The Morgan fingerprint density at radius 3 is 2.73 bits per heavy atom. The fraction of sp³-hybridized carbons (Fsp3) is 0.250. The lowest BCUT2D eigenvalue weighted by Gasteiger charge is -2.09. The highest BCUT2D eigenvalue weighted by Crippen LogP contribution is 2.32. The summed E-state index contributed by atoms with van der Waals surface area (Å²) in [6.45, 7) is 5.26. The number of allylic oxidation sites excluding steroid dienone is 1. The van der Waals surface area contributed by atoms with Crippen LogP contribution in [0, 0.1) is 25.2 Å². The lowest BCUT2D eigenvalue weighted by atomic mass is 10.1. The van der Waals surface area contributed by atoms with Gasteiger partial charge in [0.15, 0.2) is 0 Å². The molecule has 1 aromatic carbocycles. The van der Waals surface area contributed by atoms with Gasteiger partial charge in [0, 0.05) is 15.9 Å². The van der Waals surface area contributed by atoms with E-state index in [0.29, 0.717) is 33.0 Å². The van der Waals surface area contributed by atoms with Crippen molar-refractivity contribution in [2.75, 3.05) is 6.61 Å². The van der Waals surface area contributed by atoms with Crippen molar-refractivity contribution in [2.45, 2.75) is 20.8 Å². The Morgan fingerprint density at radius 1 is 1.45 bits per heavy atom. The van der Waals surface area contributed by atoms with Crippen LogP contribution in [0.2, 0.25) is 0 Å². The predicted octanol–water partition coefficient (Wildman–Crippen LogP) is 3.85. The minimum Gasteiger partial charge on any atom is -0.488 e. The fourth-order valence-corrected chi connectivity index (χ4v) is 2.20. The summed E-state index contributed by atoms with van der Waals surface area (Å²) in [4.78, 5) is 11.9. The van der Waals surface area contributed by atoms with E-state index in [1.807, 2.05) is 13.0 Å². The maximum atomic E-state index is 11.3. The molecule has 0 unspecified atom stereocenters. The van der Waals surface area contributed by atoms with E-state index in [0.717, 1.165) is 5.56 Å². The van der Waals surface area contributed by atoms with Gasteiger partial charge in [0.1, 0.15) is 29.3 Å². The largest absolute Gasteiger partial charge is 0.488 e. The Balaban J connectivity index is 2.43. The molecule has 0 spiro atoms. The molecular formula is C16H15NO4S. The Kier molecular flexibility index (Phi) is 4.48. The highest BCUT2D eigenvalue weighted by molar-refractivity contribution is 7.84. The second-order valence-corrected chi connectivity index (χ2v) is 5.46. The first-order chi connectivity index (χ1) is 10.3. The van der Waals surface area contributed by atoms with Gasteiger partial charge in [0.2, 0.25) is 0 Å². The second-order valence-electron chi connectivity index (χ2n) is 4.92. The van der Waals surface area contributed by atoms with Crippen LogP contribution in [-0.4, -0.2) is 17.7 Å². The van der Waals surface area contributed by atoms with E-state index in [-0.39, 0.29) is 12.2 Å². The zero-order valence-corrected chi connectivity index (χ0v) is 13.3. The number of ether oxygens (including phenoxy) is 1. The molecule has 5 nitrogen and oxygen atoms in total. The van der Waals surface area contributed by atoms with Crippen molar-refractivity contribution in [3.8, 4) is 11.8 Å². The van der Waals surface area contributed by atoms with E-state index in [2.05, 4.69) is 12.6 Å². The lowest BCUT2D eigenvalue weighted by Crippen LogP contribution is -2.01. The fourth-order valence-electron chi connectivity index (χ4n) is 2.09. The normalized spacial score (nSPS) is 12.0. The quantitative estimate of drug-likeness (QED) is 0.661. The average Bonchev–Trinajstić information content (AvgIpc) is 2.78. The Bertz CT molecular complexity index is 827. The first kappa shape index (κ1) is 16.0. The molecule has 2 rings (SSSR count). The molecule has 2 aromatic rings. The average molecular weight is 317 g/mol. The molecular weight excluding hydrogens is 302 g/mol. The van der Waals surface area contributed by atoms with Gasteiger partial charge in [-0.2, -0.15) is 5.26 Å². The maximum Gasteiger partial charge on any atom is 0.339 e. The van der Waals surface area contributed by atoms with Crippen molar-refractivity contribution >= 4 is 29.6 Å². The number of benzene rings is 1. The molecule has 22 heavy (non-hydrogen) atoms. The molecule has 0 bridgehead atoms. The summed E-state index contributed by atoms with van der Waals surface area (Å²) in [5, 5.41) is 18.6. The summed E-state index contributed by atoms with van der Waals surface area (Å²) in [6.07, 6.45) is 0. The summed E-state index contributed by atoms with van der Waals surface area (Å²) in [5.41, 5.74) is 1.94. The van der Waals surface area contributed by atoms with Gasteiger partial charge in [-0.15, -0.1) is 12.6 Å². The van der Waals surface area contributed by atoms with E-state index in [9.17, 15) is 9.90 Å². The van der Waals surface area contributed by atoms with Gasteiger partial charge in [-0.05, 0) is 38.5 Å². The van der Waals surface area contributed by atoms with Crippen molar-refractivity contribution in [3.05, 3.63) is 39.5 Å². The number of carboxylic acid groups (broad SMARTS) is 1. The molecule has 0 atom stereocenters. The first-order valence-electron chi connectivity index (χ1n) is 6.53. The molecule has 1 aromatic heterocycles. The Morgan fingerprint density at radius 2 is 2.14 bits per heavy atom. The smallest absolute Gasteiger partial charge is 0.339 e. The van der Waals surface area contributed by atoms with Crippen LogP contribution >= 0.6 is 12.6 Å². The molecule has 0 fully saturated rings. The third-order valence-corrected chi connectivity index (χ3v) is 3.80. The van der Waals surface area contributed by atoms with Crippen LogP contribution in [0.4, 0.5) is 0 Å². The molecule has 1 heterocycles. The minimum atomic E-state index is -1.04. The second kappa shape index (κ2) is 6.16. The van der Waals surface area contributed by atoms with E-state index in [1.54, 1.807) is 26.0 Å². The Labute approximate surface area is 133 Å². The van der Waals surface area contributed by atoms with E-state index in [1.165, 1.54) is 0 Å². The van der Waals surface area contributed by atoms with Crippen LogP contribution < -0.4 is 4.74 Å². The van der Waals surface area contributed by atoms with Crippen LogP contribution in [-0.2, 0) is 0 Å². The molecule has 0 radical (unpaired) electrons. The molecule has 6 heteroatoms. The number of fused-ring (bicyclic) bond motifs is 1. The van der Waals surface area contributed by atoms with Crippen LogP contribution in [0.15, 0.2) is 27.0 Å².